The number of aromatic amines is 1. The minimum Gasteiger partial charge on any atom is -0.297 e. The van der Waals surface area contributed by atoms with Crippen molar-refractivity contribution >= 4 is 9.84 Å². The first-order valence-corrected chi connectivity index (χ1v) is 9.50. The zero-order chi connectivity index (χ0) is 19.1. The van der Waals surface area contributed by atoms with E-state index in [4.69, 9.17) is 5.26 Å². The SMILES string of the molecule is CS(=O)(=O)c1nc2c(c(=O)[nH]1)CCN(Cc1c(F)cc(C#N)cc1F)C2. The number of rotatable bonds is 3. The van der Waals surface area contributed by atoms with Crippen LogP contribution in [0, 0.1) is 23.0 Å². The molecular formula is C16H14F2N4O3S. The van der Waals surface area contributed by atoms with Crippen LogP contribution >= 0.6 is 0 Å². The number of nitrogens with one attached hydrogen (secondary N) is 1. The van der Waals surface area contributed by atoms with Gasteiger partial charge in [0.2, 0.25) is 15.0 Å². The first-order valence-electron chi connectivity index (χ1n) is 7.61. The van der Waals surface area contributed by atoms with E-state index in [0.29, 0.717) is 12.1 Å². The molecule has 26 heavy (non-hydrogen) atoms. The summed E-state index contributed by atoms with van der Waals surface area (Å²) in [5.41, 5.74) is -0.186. The molecule has 1 aliphatic heterocycles. The Morgan fingerprint density at radius 3 is 2.58 bits per heavy atom. The zero-order valence-electron chi connectivity index (χ0n) is 13.7. The Hall–Kier alpha value is -2.64. The fourth-order valence-electron chi connectivity index (χ4n) is 2.82. The van der Waals surface area contributed by atoms with E-state index in [1.165, 1.54) is 0 Å². The maximum Gasteiger partial charge on any atom is 0.255 e. The molecular weight excluding hydrogens is 366 g/mol. The van der Waals surface area contributed by atoms with Crippen LogP contribution in [0.2, 0.25) is 0 Å². The van der Waals surface area contributed by atoms with Gasteiger partial charge in [-0.05, 0) is 18.6 Å². The molecule has 2 aromatic rings. The Bertz CT molecular complexity index is 1070. The molecule has 2 heterocycles. The number of aromatic nitrogens is 2. The second-order valence-corrected chi connectivity index (χ2v) is 7.99. The molecule has 0 atom stereocenters. The van der Waals surface area contributed by atoms with Crippen LogP contribution < -0.4 is 5.56 Å². The third-order valence-corrected chi connectivity index (χ3v) is 5.03. The second kappa shape index (κ2) is 6.59. The minimum atomic E-state index is -3.69. The van der Waals surface area contributed by atoms with Gasteiger partial charge in [-0.25, -0.2) is 22.2 Å². The van der Waals surface area contributed by atoms with Crippen molar-refractivity contribution in [2.45, 2.75) is 24.7 Å². The maximum absolute atomic E-state index is 14.1. The number of halogens is 2. The van der Waals surface area contributed by atoms with Gasteiger partial charge in [0.15, 0.2) is 0 Å². The predicted octanol–water partition coefficient (Wildman–Crippen LogP) is 0.882. The summed E-state index contributed by atoms with van der Waals surface area (Å²) < 4.78 is 51.4. The molecule has 0 fully saturated rings. The molecule has 1 N–H and O–H groups in total. The van der Waals surface area contributed by atoms with Gasteiger partial charge in [0.25, 0.3) is 5.56 Å². The number of fused-ring (bicyclic) bond motifs is 1. The number of sulfone groups is 1. The summed E-state index contributed by atoms with van der Waals surface area (Å²) in [7, 11) is -3.69. The predicted molar refractivity (Wildman–Crippen MR) is 86.9 cm³/mol. The third kappa shape index (κ3) is 3.49. The van der Waals surface area contributed by atoms with E-state index in [-0.39, 0.29) is 36.3 Å². The monoisotopic (exact) mass is 380 g/mol. The second-order valence-electron chi connectivity index (χ2n) is 6.06. The molecule has 0 spiro atoms. The maximum atomic E-state index is 14.1. The fraction of sp³-hybridized carbons (Fsp3) is 0.312. The van der Waals surface area contributed by atoms with Gasteiger partial charge in [0, 0.05) is 37.0 Å². The molecule has 136 valence electrons. The molecule has 7 nitrogen and oxygen atoms in total. The van der Waals surface area contributed by atoms with Crippen molar-refractivity contribution < 1.29 is 17.2 Å². The van der Waals surface area contributed by atoms with E-state index in [2.05, 4.69) is 9.97 Å². The van der Waals surface area contributed by atoms with Gasteiger partial charge in [-0.1, -0.05) is 0 Å². The Morgan fingerprint density at radius 2 is 2.00 bits per heavy atom. The van der Waals surface area contributed by atoms with Crippen molar-refractivity contribution in [2.24, 2.45) is 0 Å². The van der Waals surface area contributed by atoms with Crippen molar-refractivity contribution in [3.63, 3.8) is 0 Å². The molecule has 3 rings (SSSR count). The molecule has 0 saturated carbocycles. The molecule has 0 amide bonds. The van der Waals surface area contributed by atoms with E-state index < -0.39 is 32.2 Å². The Labute approximate surface area is 147 Å². The van der Waals surface area contributed by atoms with Crippen molar-refractivity contribution in [3.8, 4) is 6.07 Å². The van der Waals surface area contributed by atoms with Crippen molar-refractivity contribution in [1.29, 1.82) is 5.26 Å². The van der Waals surface area contributed by atoms with E-state index >= 15 is 0 Å². The molecule has 0 unspecified atom stereocenters. The standard InChI is InChI=1S/C16H14F2N4O3S/c1-26(24,25)16-20-14-8-22(3-2-10(14)15(23)21-16)7-11-12(17)4-9(6-19)5-13(11)18/h4-5H,2-3,7-8H2,1H3,(H,20,21,23). The summed E-state index contributed by atoms with van der Waals surface area (Å²) in [5, 5.41) is 8.31. The average molecular weight is 380 g/mol. The first kappa shape index (κ1) is 18.2. The third-order valence-electron chi connectivity index (χ3n) is 4.13. The molecule has 1 aromatic heterocycles. The number of hydrogen-bond acceptors (Lipinski definition) is 6. The summed E-state index contributed by atoms with van der Waals surface area (Å²) in [6.07, 6.45) is 1.21. The van der Waals surface area contributed by atoms with Crippen LogP contribution in [0.1, 0.15) is 22.4 Å². The Balaban J connectivity index is 1.91. The van der Waals surface area contributed by atoms with Gasteiger partial charge in [-0.15, -0.1) is 0 Å². The molecule has 0 radical (unpaired) electrons. The summed E-state index contributed by atoms with van der Waals surface area (Å²) in [4.78, 5) is 19.9. The highest BCUT2D eigenvalue weighted by Crippen LogP contribution is 2.21. The topological polar surface area (TPSA) is 107 Å². The molecule has 1 aromatic carbocycles. The number of hydrogen-bond donors (Lipinski definition) is 1. The first-order chi connectivity index (χ1) is 12.2. The minimum absolute atomic E-state index is 0.0840. The number of nitriles is 1. The van der Waals surface area contributed by atoms with Crippen LogP contribution in [0.15, 0.2) is 22.1 Å². The fourth-order valence-corrected chi connectivity index (χ4v) is 3.38. The van der Waals surface area contributed by atoms with Gasteiger partial charge >= 0.3 is 0 Å². The van der Waals surface area contributed by atoms with E-state index in [1.807, 2.05) is 0 Å². The lowest BCUT2D eigenvalue weighted by molar-refractivity contribution is 0.232. The van der Waals surface area contributed by atoms with Gasteiger partial charge in [-0.2, -0.15) is 5.26 Å². The summed E-state index contributed by atoms with van der Waals surface area (Å²) in [5.74, 6) is -1.66. The summed E-state index contributed by atoms with van der Waals surface area (Å²) >= 11 is 0. The lowest BCUT2D eigenvalue weighted by Gasteiger charge is -2.27. The van der Waals surface area contributed by atoms with E-state index in [1.54, 1.807) is 11.0 Å². The molecule has 0 aliphatic carbocycles. The largest absolute Gasteiger partial charge is 0.297 e. The number of nitrogens with zero attached hydrogens (tertiary/aromatic N) is 3. The van der Waals surface area contributed by atoms with Crippen LogP contribution in [0.25, 0.3) is 0 Å². The van der Waals surface area contributed by atoms with Crippen LogP contribution in [0.4, 0.5) is 8.78 Å². The van der Waals surface area contributed by atoms with Gasteiger partial charge in [0.1, 0.15) is 11.6 Å². The summed E-state index contributed by atoms with van der Waals surface area (Å²) in [6.45, 7) is 0.348. The van der Waals surface area contributed by atoms with Gasteiger partial charge in [0.05, 0.1) is 17.3 Å². The highest BCUT2D eigenvalue weighted by molar-refractivity contribution is 7.90. The lowest BCUT2D eigenvalue weighted by Crippen LogP contribution is -2.36. The van der Waals surface area contributed by atoms with Crippen LogP contribution in [0.5, 0.6) is 0 Å². The molecule has 10 heteroatoms. The summed E-state index contributed by atoms with van der Waals surface area (Å²) in [6, 6.07) is 3.60. The number of benzene rings is 1. The van der Waals surface area contributed by atoms with Crippen LogP contribution in [-0.2, 0) is 29.3 Å². The normalized spacial score (nSPS) is 14.7. The molecule has 0 saturated heterocycles. The Kier molecular flexibility index (Phi) is 4.60. The smallest absolute Gasteiger partial charge is 0.255 e. The average Bonchev–Trinajstić information content (AvgIpc) is 2.56. The zero-order valence-corrected chi connectivity index (χ0v) is 14.5. The van der Waals surface area contributed by atoms with E-state index in [0.717, 1.165) is 18.4 Å². The van der Waals surface area contributed by atoms with Crippen molar-refractivity contribution in [2.75, 3.05) is 12.8 Å². The Morgan fingerprint density at radius 1 is 1.35 bits per heavy atom. The van der Waals surface area contributed by atoms with Crippen LogP contribution in [-0.4, -0.2) is 36.1 Å². The van der Waals surface area contributed by atoms with Gasteiger partial charge < -0.3 is 0 Å². The highest BCUT2D eigenvalue weighted by atomic mass is 32.2. The quantitative estimate of drug-likeness (QED) is 0.793. The molecule has 0 bridgehead atoms. The van der Waals surface area contributed by atoms with Crippen molar-refractivity contribution in [1.82, 2.24) is 14.9 Å². The van der Waals surface area contributed by atoms with Gasteiger partial charge in [-0.3, -0.25) is 14.7 Å². The van der Waals surface area contributed by atoms with E-state index in [9.17, 15) is 22.0 Å². The number of H-pyrrole nitrogens is 1. The highest BCUT2D eigenvalue weighted by Gasteiger charge is 2.25. The lowest BCUT2D eigenvalue weighted by atomic mass is 10.0. The van der Waals surface area contributed by atoms with Crippen LogP contribution in [0.3, 0.4) is 0 Å². The van der Waals surface area contributed by atoms with Crippen molar-refractivity contribution in [3.05, 3.63) is 56.5 Å². The molecule has 1 aliphatic rings.